The Kier molecular flexibility index (Phi) is 5.22. The summed E-state index contributed by atoms with van der Waals surface area (Å²) >= 11 is 0. The molecule has 0 heterocycles. The van der Waals surface area contributed by atoms with Crippen LogP contribution in [-0.4, -0.2) is 12.5 Å². The highest BCUT2D eigenvalue weighted by atomic mass is 16.1. The van der Waals surface area contributed by atoms with Gasteiger partial charge in [-0.2, -0.15) is 0 Å². The summed E-state index contributed by atoms with van der Waals surface area (Å²) in [4.78, 5) is 10.7. The first-order valence-corrected chi connectivity index (χ1v) is 3.65. The summed E-state index contributed by atoms with van der Waals surface area (Å²) in [5.74, 6) is 2.02. The van der Waals surface area contributed by atoms with Gasteiger partial charge in [0.1, 0.15) is 0 Å². The van der Waals surface area contributed by atoms with E-state index in [2.05, 4.69) is 5.92 Å². The zero-order valence-electron chi connectivity index (χ0n) is 6.55. The van der Waals surface area contributed by atoms with Gasteiger partial charge < -0.3 is 11.5 Å². The highest BCUT2D eigenvalue weighted by molar-refractivity contribution is 5.76. The summed E-state index contributed by atoms with van der Waals surface area (Å²) in [6, 6.07) is 0. The van der Waals surface area contributed by atoms with Gasteiger partial charge in [-0.15, -0.1) is 12.3 Å². The van der Waals surface area contributed by atoms with Gasteiger partial charge in [0, 0.05) is 12.3 Å². The molecule has 0 radical (unpaired) electrons. The minimum absolute atomic E-state index is 0.143. The van der Waals surface area contributed by atoms with Crippen molar-refractivity contribution in [3.63, 3.8) is 0 Å². The predicted molar refractivity (Wildman–Crippen MR) is 44.4 cm³/mol. The normalized spacial score (nSPS) is 12.0. The first kappa shape index (κ1) is 9.99. The third-order valence-corrected chi connectivity index (χ3v) is 1.55. The van der Waals surface area contributed by atoms with Gasteiger partial charge in [-0.3, -0.25) is 4.79 Å². The fourth-order valence-electron chi connectivity index (χ4n) is 0.888. The SMILES string of the molecule is C#CCCC(CCN)C(N)=O. The van der Waals surface area contributed by atoms with Crippen molar-refractivity contribution in [2.45, 2.75) is 19.3 Å². The van der Waals surface area contributed by atoms with Crippen LogP contribution in [0.15, 0.2) is 0 Å². The Balaban J connectivity index is 3.71. The van der Waals surface area contributed by atoms with Crippen LogP contribution in [0.3, 0.4) is 0 Å². The summed E-state index contributed by atoms with van der Waals surface area (Å²) in [5, 5.41) is 0. The Hall–Kier alpha value is -1.01. The molecule has 0 aromatic rings. The molecular formula is C8H14N2O. The molecule has 4 N–H and O–H groups in total. The lowest BCUT2D eigenvalue weighted by molar-refractivity contribution is -0.122. The maximum Gasteiger partial charge on any atom is 0.220 e. The third kappa shape index (κ3) is 4.40. The van der Waals surface area contributed by atoms with Crippen molar-refractivity contribution >= 4 is 5.91 Å². The molecule has 0 rings (SSSR count). The molecule has 3 nitrogen and oxygen atoms in total. The van der Waals surface area contributed by atoms with Gasteiger partial charge in [0.2, 0.25) is 5.91 Å². The number of primary amides is 1. The minimum atomic E-state index is -0.300. The van der Waals surface area contributed by atoms with Crippen molar-refractivity contribution in [3.8, 4) is 12.3 Å². The summed E-state index contributed by atoms with van der Waals surface area (Å²) in [6.07, 6.45) is 6.92. The molecule has 0 aromatic carbocycles. The van der Waals surface area contributed by atoms with Crippen molar-refractivity contribution in [2.24, 2.45) is 17.4 Å². The molecule has 0 bridgehead atoms. The van der Waals surface area contributed by atoms with Crippen molar-refractivity contribution in [1.29, 1.82) is 0 Å². The standard InChI is InChI=1S/C8H14N2O/c1-2-3-4-7(5-6-9)8(10)11/h1,7H,3-6,9H2,(H2,10,11). The smallest absolute Gasteiger partial charge is 0.220 e. The molecule has 11 heavy (non-hydrogen) atoms. The van der Waals surface area contributed by atoms with Crippen LogP contribution >= 0.6 is 0 Å². The number of nitrogens with two attached hydrogens (primary N) is 2. The number of carbonyl (C=O) groups excluding carboxylic acids is 1. The van der Waals surface area contributed by atoms with E-state index < -0.39 is 0 Å². The zero-order chi connectivity index (χ0) is 8.69. The molecule has 0 aliphatic heterocycles. The summed E-state index contributed by atoms with van der Waals surface area (Å²) in [7, 11) is 0. The molecule has 3 heteroatoms. The quantitative estimate of drug-likeness (QED) is 0.541. The number of hydrogen-bond donors (Lipinski definition) is 2. The Morgan fingerprint density at radius 2 is 2.18 bits per heavy atom. The predicted octanol–water partition coefficient (Wildman–Crippen LogP) is -0.150. The highest BCUT2D eigenvalue weighted by Crippen LogP contribution is 2.08. The lowest BCUT2D eigenvalue weighted by atomic mass is 9.99. The minimum Gasteiger partial charge on any atom is -0.369 e. The maximum absolute atomic E-state index is 10.7. The number of carbonyl (C=O) groups is 1. The lowest BCUT2D eigenvalue weighted by Crippen LogP contribution is -2.25. The van der Waals surface area contributed by atoms with Crippen LogP contribution < -0.4 is 11.5 Å². The Morgan fingerprint density at radius 1 is 1.55 bits per heavy atom. The topological polar surface area (TPSA) is 69.1 Å². The van der Waals surface area contributed by atoms with Crippen LogP contribution in [0.5, 0.6) is 0 Å². The van der Waals surface area contributed by atoms with E-state index in [0.29, 0.717) is 25.8 Å². The molecule has 1 unspecified atom stereocenters. The Morgan fingerprint density at radius 3 is 2.55 bits per heavy atom. The van der Waals surface area contributed by atoms with Gasteiger partial charge >= 0.3 is 0 Å². The van der Waals surface area contributed by atoms with Crippen molar-refractivity contribution < 1.29 is 4.79 Å². The molecule has 0 saturated heterocycles. The molecule has 0 saturated carbocycles. The van der Waals surface area contributed by atoms with Gasteiger partial charge in [0.25, 0.3) is 0 Å². The van der Waals surface area contributed by atoms with E-state index in [0.717, 1.165) is 0 Å². The van der Waals surface area contributed by atoms with Crippen LogP contribution in [0.2, 0.25) is 0 Å². The van der Waals surface area contributed by atoms with E-state index in [1.807, 2.05) is 0 Å². The fraction of sp³-hybridized carbons (Fsp3) is 0.625. The average Bonchev–Trinajstić information content (AvgIpc) is 1.97. The fourth-order valence-corrected chi connectivity index (χ4v) is 0.888. The van der Waals surface area contributed by atoms with Gasteiger partial charge in [-0.25, -0.2) is 0 Å². The van der Waals surface area contributed by atoms with Crippen LogP contribution in [0.25, 0.3) is 0 Å². The Bertz CT molecular complexity index is 160. The van der Waals surface area contributed by atoms with Crippen molar-refractivity contribution in [1.82, 2.24) is 0 Å². The molecule has 0 fully saturated rings. The van der Waals surface area contributed by atoms with Gasteiger partial charge in [0.15, 0.2) is 0 Å². The van der Waals surface area contributed by atoms with E-state index in [4.69, 9.17) is 17.9 Å². The van der Waals surface area contributed by atoms with E-state index in [1.54, 1.807) is 0 Å². The van der Waals surface area contributed by atoms with E-state index in [9.17, 15) is 4.79 Å². The largest absolute Gasteiger partial charge is 0.369 e. The summed E-state index contributed by atoms with van der Waals surface area (Å²) in [6.45, 7) is 0.484. The third-order valence-electron chi connectivity index (χ3n) is 1.55. The second-order valence-electron chi connectivity index (χ2n) is 2.42. The zero-order valence-corrected chi connectivity index (χ0v) is 6.55. The van der Waals surface area contributed by atoms with Gasteiger partial charge in [-0.1, -0.05) is 0 Å². The molecule has 0 aliphatic rings. The van der Waals surface area contributed by atoms with Crippen molar-refractivity contribution in [2.75, 3.05) is 6.54 Å². The molecule has 62 valence electrons. The second-order valence-corrected chi connectivity index (χ2v) is 2.42. The highest BCUT2D eigenvalue weighted by Gasteiger charge is 2.12. The van der Waals surface area contributed by atoms with Gasteiger partial charge in [0.05, 0.1) is 0 Å². The van der Waals surface area contributed by atoms with Gasteiger partial charge in [-0.05, 0) is 19.4 Å². The molecule has 0 spiro atoms. The first-order chi connectivity index (χ1) is 5.22. The molecule has 0 aliphatic carbocycles. The molecule has 1 amide bonds. The number of hydrogen-bond acceptors (Lipinski definition) is 2. The lowest BCUT2D eigenvalue weighted by Gasteiger charge is -2.08. The second kappa shape index (κ2) is 5.75. The first-order valence-electron chi connectivity index (χ1n) is 3.65. The van der Waals surface area contributed by atoms with Crippen LogP contribution in [-0.2, 0) is 4.79 Å². The average molecular weight is 154 g/mol. The van der Waals surface area contributed by atoms with Crippen LogP contribution in [0.4, 0.5) is 0 Å². The van der Waals surface area contributed by atoms with E-state index >= 15 is 0 Å². The molecular weight excluding hydrogens is 140 g/mol. The number of terminal acetylenes is 1. The van der Waals surface area contributed by atoms with Crippen molar-refractivity contribution in [3.05, 3.63) is 0 Å². The number of rotatable bonds is 5. The number of amides is 1. The monoisotopic (exact) mass is 154 g/mol. The Labute approximate surface area is 67.1 Å². The van der Waals surface area contributed by atoms with Crippen LogP contribution in [0.1, 0.15) is 19.3 Å². The molecule has 0 aromatic heterocycles. The maximum atomic E-state index is 10.7. The van der Waals surface area contributed by atoms with Crippen LogP contribution in [0, 0.1) is 18.3 Å². The van der Waals surface area contributed by atoms with E-state index in [1.165, 1.54) is 0 Å². The summed E-state index contributed by atoms with van der Waals surface area (Å²) in [5.41, 5.74) is 10.4. The summed E-state index contributed by atoms with van der Waals surface area (Å²) < 4.78 is 0. The van der Waals surface area contributed by atoms with E-state index in [-0.39, 0.29) is 11.8 Å². The molecule has 1 atom stereocenters.